The molecule has 0 aromatic heterocycles. The van der Waals surface area contributed by atoms with Crippen LogP contribution in [0.5, 0.6) is 11.5 Å². The second kappa shape index (κ2) is 10.3. The third-order valence-electron chi connectivity index (χ3n) is 4.04. The van der Waals surface area contributed by atoms with Crippen molar-refractivity contribution in [2.75, 3.05) is 20.3 Å². The van der Waals surface area contributed by atoms with E-state index in [1.54, 1.807) is 7.05 Å². The highest BCUT2D eigenvalue weighted by Crippen LogP contribution is 2.30. The number of benzene rings is 2. The van der Waals surface area contributed by atoms with Gasteiger partial charge in [0, 0.05) is 26.6 Å². The molecular formula is C20H26IN3O2. The monoisotopic (exact) mass is 467 g/mol. The lowest BCUT2D eigenvalue weighted by molar-refractivity contribution is 0.297. The zero-order chi connectivity index (χ0) is 17.5. The van der Waals surface area contributed by atoms with Crippen molar-refractivity contribution in [3.05, 3.63) is 59.2 Å². The number of rotatable bonds is 4. The maximum absolute atomic E-state index is 5.74. The number of hydrogen-bond donors (Lipinski definition) is 2. The fourth-order valence-electron chi connectivity index (χ4n) is 2.73. The lowest BCUT2D eigenvalue weighted by Gasteiger charge is -2.13. The van der Waals surface area contributed by atoms with E-state index in [9.17, 15) is 0 Å². The first-order chi connectivity index (χ1) is 12.2. The van der Waals surface area contributed by atoms with Crippen molar-refractivity contribution in [3.8, 4) is 11.5 Å². The Morgan fingerprint density at radius 2 is 1.65 bits per heavy atom. The molecule has 0 unspecified atom stereocenters. The number of nitrogens with zero attached hydrogens (tertiary/aromatic N) is 1. The van der Waals surface area contributed by atoms with Crippen molar-refractivity contribution in [1.82, 2.24) is 10.6 Å². The van der Waals surface area contributed by atoms with E-state index in [4.69, 9.17) is 9.47 Å². The number of ether oxygens (including phenoxy) is 2. The molecule has 0 saturated carbocycles. The molecule has 5 nitrogen and oxygen atoms in total. The highest BCUT2D eigenvalue weighted by Gasteiger charge is 2.10. The smallest absolute Gasteiger partial charge is 0.191 e. The molecule has 1 heterocycles. The zero-order valence-electron chi connectivity index (χ0n) is 15.2. The average Bonchev–Trinajstić information content (AvgIpc) is 2.87. The van der Waals surface area contributed by atoms with Gasteiger partial charge in [-0.25, -0.2) is 0 Å². The van der Waals surface area contributed by atoms with Gasteiger partial charge >= 0.3 is 0 Å². The molecule has 0 fully saturated rings. The van der Waals surface area contributed by atoms with E-state index in [2.05, 4.69) is 46.8 Å². The molecule has 3 rings (SSSR count). The van der Waals surface area contributed by atoms with Crippen molar-refractivity contribution >= 4 is 29.9 Å². The maximum Gasteiger partial charge on any atom is 0.191 e. The van der Waals surface area contributed by atoms with Crippen LogP contribution in [0.15, 0.2) is 47.5 Å². The van der Waals surface area contributed by atoms with Gasteiger partial charge in [-0.15, -0.1) is 24.0 Å². The molecule has 0 atom stereocenters. The number of guanidine groups is 1. The summed E-state index contributed by atoms with van der Waals surface area (Å²) in [6.07, 6.45) is 0.914. The number of fused-ring (bicyclic) bond motifs is 1. The molecule has 1 aliphatic heterocycles. The van der Waals surface area contributed by atoms with Crippen LogP contribution in [0.4, 0.5) is 0 Å². The van der Waals surface area contributed by atoms with Crippen LogP contribution < -0.4 is 20.1 Å². The van der Waals surface area contributed by atoms with Crippen LogP contribution in [0, 0.1) is 6.92 Å². The Morgan fingerprint density at radius 3 is 2.35 bits per heavy atom. The minimum Gasteiger partial charge on any atom is -0.490 e. The van der Waals surface area contributed by atoms with E-state index < -0.39 is 0 Å². The van der Waals surface area contributed by atoms with Gasteiger partial charge in [0.2, 0.25) is 0 Å². The summed E-state index contributed by atoms with van der Waals surface area (Å²) in [4.78, 5) is 4.28. The Hall–Kier alpha value is -1.96. The Labute approximate surface area is 172 Å². The van der Waals surface area contributed by atoms with Crippen LogP contribution >= 0.6 is 24.0 Å². The number of hydrogen-bond acceptors (Lipinski definition) is 3. The Morgan fingerprint density at radius 1 is 0.962 bits per heavy atom. The van der Waals surface area contributed by atoms with Gasteiger partial charge < -0.3 is 20.1 Å². The SMILES string of the molecule is CN=C(NCc1cccc(C)c1)NCc1ccc2c(c1)OCCCO2.I. The molecule has 26 heavy (non-hydrogen) atoms. The summed E-state index contributed by atoms with van der Waals surface area (Å²) in [6.45, 7) is 4.91. The topological polar surface area (TPSA) is 54.9 Å². The second-order valence-corrected chi connectivity index (χ2v) is 6.10. The molecule has 0 spiro atoms. The summed E-state index contributed by atoms with van der Waals surface area (Å²) in [5.74, 6) is 2.41. The molecule has 0 bridgehead atoms. The van der Waals surface area contributed by atoms with Crippen LogP contribution in [0.2, 0.25) is 0 Å². The maximum atomic E-state index is 5.74. The summed E-state index contributed by atoms with van der Waals surface area (Å²) in [5, 5.41) is 6.67. The van der Waals surface area contributed by atoms with Gasteiger partial charge in [0.05, 0.1) is 13.2 Å². The van der Waals surface area contributed by atoms with Crippen LogP contribution in [-0.4, -0.2) is 26.2 Å². The highest BCUT2D eigenvalue weighted by molar-refractivity contribution is 14.0. The van der Waals surface area contributed by atoms with Crippen molar-refractivity contribution < 1.29 is 9.47 Å². The van der Waals surface area contributed by atoms with Gasteiger partial charge in [0.15, 0.2) is 17.5 Å². The summed E-state index contributed by atoms with van der Waals surface area (Å²) in [5.41, 5.74) is 3.62. The van der Waals surface area contributed by atoms with Gasteiger partial charge in [0.1, 0.15) is 0 Å². The lowest BCUT2D eigenvalue weighted by atomic mass is 10.1. The standard InChI is InChI=1S/C20H25N3O2.HI/c1-15-5-3-6-16(11-15)13-22-20(21-2)23-14-17-7-8-18-19(12-17)25-10-4-9-24-18;/h3,5-8,11-12H,4,9-10,13-14H2,1-2H3,(H2,21,22,23);1H. The lowest BCUT2D eigenvalue weighted by Crippen LogP contribution is -2.36. The highest BCUT2D eigenvalue weighted by atomic mass is 127. The number of aliphatic imine (C=N–C) groups is 1. The molecule has 2 aromatic rings. The molecular weight excluding hydrogens is 441 g/mol. The van der Waals surface area contributed by atoms with Gasteiger partial charge in [0.25, 0.3) is 0 Å². The van der Waals surface area contributed by atoms with E-state index in [-0.39, 0.29) is 24.0 Å². The average molecular weight is 467 g/mol. The number of nitrogens with one attached hydrogen (secondary N) is 2. The number of halogens is 1. The first kappa shape index (κ1) is 20.4. The van der Waals surface area contributed by atoms with Gasteiger partial charge in [-0.2, -0.15) is 0 Å². The van der Waals surface area contributed by atoms with E-state index in [0.29, 0.717) is 19.8 Å². The van der Waals surface area contributed by atoms with E-state index in [0.717, 1.165) is 36.0 Å². The molecule has 2 aromatic carbocycles. The van der Waals surface area contributed by atoms with Gasteiger partial charge in [-0.1, -0.05) is 35.9 Å². The second-order valence-electron chi connectivity index (χ2n) is 6.10. The molecule has 6 heteroatoms. The van der Waals surface area contributed by atoms with Crippen LogP contribution in [0.25, 0.3) is 0 Å². The largest absolute Gasteiger partial charge is 0.490 e. The minimum absolute atomic E-state index is 0. The molecule has 1 aliphatic rings. The summed E-state index contributed by atoms with van der Waals surface area (Å²) in [6, 6.07) is 14.5. The van der Waals surface area contributed by atoms with Crippen LogP contribution in [0.1, 0.15) is 23.1 Å². The molecule has 2 N–H and O–H groups in total. The van der Waals surface area contributed by atoms with Crippen molar-refractivity contribution in [3.63, 3.8) is 0 Å². The van der Waals surface area contributed by atoms with Crippen LogP contribution in [0.3, 0.4) is 0 Å². The van der Waals surface area contributed by atoms with Crippen molar-refractivity contribution in [1.29, 1.82) is 0 Å². The van der Waals surface area contributed by atoms with E-state index in [1.165, 1.54) is 11.1 Å². The van der Waals surface area contributed by atoms with Gasteiger partial charge in [-0.3, -0.25) is 4.99 Å². The quantitative estimate of drug-likeness (QED) is 0.410. The predicted molar refractivity (Wildman–Crippen MR) is 116 cm³/mol. The number of aryl methyl sites for hydroxylation is 1. The predicted octanol–water partition coefficient (Wildman–Crippen LogP) is 3.64. The summed E-state index contributed by atoms with van der Waals surface area (Å²) in [7, 11) is 1.78. The fourth-order valence-corrected chi connectivity index (χ4v) is 2.73. The normalized spacial score (nSPS) is 13.4. The zero-order valence-corrected chi connectivity index (χ0v) is 17.6. The molecule has 0 aliphatic carbocycles. The van der Waals surface area contributed by atoms with Crippen molar-refractivity contribution in [2.45, 2.75) is 26.4 Å². The van der Waals surface area contributed by atoms with Crippen molar-refractivity contribution in [2.24, 2.45) is 4.99 Å². The Bertz CT molecular complexity index is 750. The van der Waals surface area contributed by atoms with E-state index >= 15 is 0 Å². The molecule has 0 saturated heterocycles. The molecule has 0 amide bonds. The Kier molecular flexibility index (Phi) is 8.03. The van der Waals surface area contributed by atoms with Crippen LogP contribution in [-0.2, 0) is 13.1 Å². The molecule has 140 valence electrons. The third-order valence-corrected chi connectivity index (χ3v) is 4.04. The molecule has 0 radical (unpaired) electrons. The van der Waals surface area contributed by atoms with E-state index in [1.807, 2.05) is 18.2 Å². The summed E-state index contributed by atoms with van der Waals surface area (Å²) >= 11 is 0. The summed E-state index contributed by atoms with van der Waals surface area (Å²) < 4.78 is 11.4. The Balaban J connectivity index is 0.00000243. The fraction of sp³-hybridized carbons (Fsp3) is 0.350. The minimum atomic E-state index is 0. The van der Waals surface area contributed by atoms with Gasteiger partial charge in [-0.05, 0) is 30.2 Å². The first-order valence-corrected chi connectivity index (χ1v) is 8.63. The third kappa shape index (κ3) is 5.79. The first-order valence-electron chi connectivity index (χ1n) is 8.63.